The zero-order valence-corrected chi connectivity index (χ0v) is 19.8. The van der Waals surface area contributed by atoms with Crippen molar-refractivity contribution < 1.29 is 17.9 Å². The number of rotatable bonds is 4. The summed E-state index contributed by atoms with van der Waals surface area (Å²) in [4.78, 5) is 22.8. The molecule has 36 heavy (non-hydrogen) atoms. The second-order valence-corrected chi connectivity index (χ2v) is 9.49. The van der Waals surface area contributed by atoms with E-state index in [0.29, 0.717) is 53.1 Å². The van der Waals surface area contributed by atoms with Gasteiger partial charge in [-0.1, -0.05) is 0 Å². The summed E-state index contributed by atoms with van der Waals surface area (Å²) in [5.74, 6) is 0.550. The summed E-state index contributed by atoms with van der Waals surface area (Å²) in [6, 6.07) is 2.82. The lowest BCUT2D eigenvalue weighted by Crippen LogP contribution is -2.20. The highest BCUT2D eigenvalue weighted by atomic mass is 19.4. The standard InChI is InChI=1S/C25H24F3N7O/c1-13-14(2)32-24-22(31-13)21(19-6-3-17(11-29-19)25(26,27)28)33-23(34-24)15-7-8-36-20(9-15)16-10-30-35(12-16)18-4-5-18/h3,6,10-12,15,18,20H,4-5,7-9H2,1-2H3. The van der Waals surface area contributed by atoms with Crippen LogP contribution in [0.2, 0.25) is 0 Å². The molecule has 0 spiro atoms. The summed E-state index contributed by atoms with van der Waals surface area (Å²) < 4.78 is 47.4. The number of alkyl halides is 3. The maximum absolute atomic E-state index is 13.1. The van der Waals surface area contributed by atoms with E-state index in [9.17, 15) is 13.2 Å². The molecule has 0 aromatic carbocycles. The van der Waals surface area contributed by atoms with Gasteiger partial charge in [-0.2, -0.15) is 18.3 Å². The van der Waals surface area contributed by atoms with Gasteiger partial charge < -0.3 is 4.74 Å². The van der Waals surface area contributed by atoms with Gasteiger partial charge >= 0.3 is 6.18 Å². The van der Waals surface area contributed by atoms with E-state index in [2.05, 4.69) is 26.2 Å². The lowest BCUT2D eigenvalue weighted by atomic mass is 9.92. The number of hydrogen-bond acceptors (Lipinski definition) is 7. The highest BCUT2D eigenvalue weighted by Crippen LogP contribution is 2.39. The predicted octanol–water partition coefficient (Wildman–Crippen LogP) is 5.28. The average Bonchev–Trinajstić information content (AvgIpc) is 3.60. The van der Waals surface area contributed by atoms with Crippen LogP contribution in [0.4, 0.5) is 13.2 Å². The second kappa shape index (κ2) is 8.58. The summed E-state index contributed by atoms with van der Waals surface area (Å²) in [7, 11) is 0. The quantitative estimate of drug-likeness (QED) is 0.380. The van der Waals surface area contributed by atoms with Crippen molar-refractivity contribution in [1.29, 1.82) is 0 Å². The van der Waals surface area contributed by atoms with Crippen molar-refractivity contribution in [3.8, 4) is 11.4 Å². The molecule has 11 heteroatoms. The molecule has 0 bridgehead atoms. The van der Waals surface area contributed by atoms with E-state index in [1.54, 1.807) is 0 Å². The molecule has 4 aromatic heterocycles. The van der Waals surface area contributed by atoms with E-state index < -0.39 is 11.7 Å². The highest BCUT2D eigenvalue weighted by Gasteiger charge is 2.32. The molecule has 0 amide bonds. The van der Waals surface area contributed by atoms with Crippen LogP contribution in [0.3, 0.4) is 0 Å². The third-order valence-corrected chi connectivity index (χ3v) is 6.86. The molecular formula is C25H24F3N7O. The van der Waals surface area contributed by atoms with Crippen LogP contribution in [-0.2, 0) is 10.9 Å². The van der Waals surface area contributed by atoms with Crippen LogP contribution in [0.25, 0.3) is 22.6 Å². The number of halogens is 3. The van der Waals surface area contributed by atoms with Crippen LogP contribution in [0, 0.1) is 13.8 Å². The molecule has 0 N–H and O–H groups in total. The zero-order valence-electron chi connectivity index (χ0n) is 19.8. The minimum Gasteiger partial charge on any atom is -0.373 e. The van der Waals surface area contributed by atoms with E-state index in [0.717, 1.165) is 42.8 Å². The Bertz CT molecular complexity index is 1430. The fourth-order valence-corrected chi connectivity index (χ4v) is 4.51. The van der Waals surface area contributed by atoms with Gasteiger partial charge in [0.25, 0.3) is 0 Å². The number of pyridine rings is 1. The molecule has 1 saturated heterocycles. The average molecular weight is 496 g/mol. The first-order valence-corrected chi connectivity index (χ1v) is 12.0. The molecule has 6 rings (SSSR count). The topological polar surface area (TPSA) is 91.5 Å². The Labute approximate surface area is 205 Å². The number of ether oxygens (including phenoxy) is 1. The van der Waals surface area contributed by atoms with Gasteiger partial charge in [-0.25, -0.2) is 19.9 Å². The van der Waals surface area contributed by atoms with E-state index >= 15 is 0 Å². The second-order valence-electron chi connectivity index (χ2n) is 9.49. The maximum atomic E-state index is 13.1. The minimum absolute atomic E-state index is 0.0194. The van der Waals surface area contributed by atoms with Crippen LogP contribution in [0.1, 0.15) is 72.1 Å². The van der Waals surface area contributed by atoms with E-state index in [1.807, 2.05) is 24.7 Å². The largest absolute Gasteiger partial charge is 0.417 e. The maximum Gasteiger partial charge on any atom is 0.417 e. The molecule has 1 saturated carbocycles. The number of aromatic nitrogens is 7. The van der Waals surface area contributed by atoms with Crippen molar-refractivity contribution in [2.75, 3.05) is 6.61 Å². The van der Waals surface area contributed by atoms with E-state index in [4.69, 9.17) is 14.7 Å². The summed E-state index contributed by atoms with van der Waals surface area (Å²) in [6.45, 7) is 4.21. The molecule has 2 fully saturated rings. The molecule has 4 aromatic rings. The van der Waals surface area contributed by atoms with Gasteiger partial charge in [-0.15, -0.1) is 0 Å². The van der Waals surface area contributed by atoms with Crippen molar-refractivity contribution in [3.63, 3.8) is 0 Å². The van der Waals surface area contributed by atoms with Crippen molar-refractivity contribution in [1.82, 2.24) is 34.7 Å². The monoisotopic (exact) mass is 495 g/mol. The Morgan fingerprint density at radius 2 is 1.78 bits per heavy atom. The number of aryl methyl sites for hydroxylation is 2. The number of nitrogens with zero attached hydrogens (tertiary/aromatic N) is 7. The summed E-state index contributed by atoms with van der Waals surface area (Å²) in [5.41, 5.74) is 3.15. The Morgan fingerprint density at radius 3 is 2.50 bits per heavy atom. The van der Waals surface area contributed by atoms with Gasteiger partial charge in [0.15, 0.2) is 5.65 Å². The predicted molar refractivity (Wildman–Crippen MR) is 124 cm³/mol. The van der Waals surface area contributed by atoms with Gasteiger partial charge in [0, 0.05) is 30.5 Å². The van der Waals surface area contributed by atoms with Crippen LogP contribution in [-0.4, -0.2) is 41.3 Å². The van der Waals surface area contributed by atoms with Crippen LogP contribution in [0.15, 0.2) is 30.7 Å². The first-order chi connectivity index (χ1) is 17.3. The van der Waals surface area contributed by atoms with Gasteiger partial charge in [0.05, 0.1) is 41.0 Å². The normalized spacial score (nSPS) is 20.7. The highest BCUT2D eigenvalue weighted by molar-refractivity contribution is 5.85. The smallest absolute Gasteiger partial charge is 0.373 e. The van der Waals surface area contributed by atoms with Crippen LogP contribution in [0.5, 0.6) is 0 Å². The first-order valence-electron chi connectivity index (χ1n) is 12.0. The Hall–Kier alpha value is -3.47. The SMILES string of the molecule is Cc1nc2nc(C3CCOC(c4cnn(C5CC5)c4)C3)nc(-c3ccc(C(F)(F)F)cn3)c2nc1C. The third kappa shape index (κ3) is 4.32. The fraction of sp³-hybridized carbons (Fsp3) is 0.440. The third-order valence-electron chi connectivity index (χ3n) is 6.86. The molecule has 0 radical (unpaired) electrons. The van der Waals surface area contributed by atoms with Gasteiger partial charge in [0.1, 0.15) is 17.0 Å². The first kappa shape index (κ1) is 23.0. The Balaban J connectivity index is 1.38. The zero-order chi connectivity index (χ0) is 25.0. The molecule has 2 atom stereocenters. The van der Waals surface area contributed by atoms with E-state index in [1.165, 1.54) is 6.07 Å². The summed E-state index contributed by atoms with van der Waals surface area (Å²) in [6.07, 6.45) is 3.83. The molecule has 2 aliphatic rings. The number of fused-ring (bicyclic) bond motifs is 1. The van der Waals surface area contributed by atoms with Crippen LogP contribution >= 0.6 is 0 Å². The molecule has 1 aliphatic heterocycles. The summed E-state index contributed by atoms with van der Waals surface area (Å²) >= 11 is 0. The Kier molecular flexibility index (Phi) is 5.47. The van der Waals surface area contributed by atoms with Crippen molar-refractivity contribution >= 4 is 11.2 Å². The van der Waals surface area contributed by atoms with Gasteiger partial charge in [0.2, 0.25) is 0 Å². The van der Waals surface area contributed by atoms with Crippen LogP contribution < -0.4 is 0 Å². The van der Waals surface area contributed by atoms with E-state index in [-0.39, 0.29) is 12.0 Å². The molecule has 1 aliphatic carbocycles. The minimum atomic E-state index is -4.47. The van der Waals surface area contributed by atoms with Crippen molar-refractivity contribution in [2.24, 2.45) is 0 Å². The fourth-order valence-electron chi connectivity index (χ4n) is 4.51. The number of hydrogen-bond donors (Lipinski definition) is 0. The lowest BCUT2D eigenvalue weighted by molar-refractivity contribution is -0.137. The van der Waals surface area contributed by atoms with Gasteiger partial charge in [-0.3, -0.25) is 9.67 Å². The lowest BCUT2D eigenvalue weighted by Gasteiger charge is -2.28. The Morgan fingerprint density at radius 1 is 0.972 bits per heavy atom. The molecule has 2 unspecified atom stereocenters. The molecule has 186 valence electrons. The van der Waals surface area contributed by atoms with Crippen molar-refractivity contribution in [2.45, 2.75) is 63.8 Å². The molecule has 8 nitrogen and oxygen atoms in total. The molecule has 5 heterocycles. The van der Waals surface area contributed by atoms with Gasteiger partial charge in [-0.05, 0) is 51.7 Å². The molecular weight excluding hydrogens is 471 g/mol. The van der Waals surface area contributed by atoms with Crippen molar-refractivity contribution in [3.05, 3.63) is 59.1 Å². The summed E-state index contributed by atoms with van der Waals surface area (Å²) in [5, 5.41) is 4.49.